The van der Waals surface area contributed by atoms with E-state index in [4.69, 9.17) is 4.74 Å². The summed E-state index contributed by atoms with van der Waals surface area (Å²) in [4.78, 5) is 42.4. The number of carboxylic acids is 1. The number of ether oxygens (including phenoxy) is 1. The molecular formula is C25H29N3O5. The number of hydrogen-bond acceptors (Lipinski definition) is 4. The maximum atomic E-state index is 13.5. The fourth-order valence-electron chi connectivity index (χ4n) is 3.61. The summed E-state index contributed by atoms with van der Waals surface area (Å²) >= 11 is 0. The van der Waals surface area contributed by atoms with Gasteiger partial charge in [-0.1, -0.05) is 48.5 Å². The molecule has 2 atom stereocenters. The molecule has 0 saturated heterocycles. The number of nitrogens with zero attached hydrogens (tertiary/aromatic N) is 1. The van der Waals surface area contributed by atoms with Crippen molar-refractivity contribution in [3.8, 4) is 0 Å². The molecule has 8 heteroatoms. The van der Waals surface area contributed by atoms with Gasteiger partial charge in [-0.15, -0.1) is 0 Å². The van der Waals surface area contributed by atoms with Crippen molar-refractivity contribution < 1.29 is 24.2 Å². The van der Waals surface area contributed by atoms with Gasteiger partial charge in [0.1, 0.15) is 17.7 Å². The Morgan fingerprint density at radius 3 is 2.33 bits per heavy atom. The average molecular weight is 452 g/mol. The lowest BCUT2D eigenvalue weighted by molar-refractivity contribution is -0.149. The number of fused-ring (bicyclic) bond motifs is 1. The summed E-state index contributed by atoms with van der Waals surface area (Å²) in [6.45, 7) is 5.17. The molecule has 3 rings (SSSR count). The van der Waals surface area contributed by atoms with E-state index in [0.29, 0.717) is 5.56 Å². The summed E-state index contributed by atoms with van der Waals surface area (Å²) < 4.78 is 5.32. The Hall–Kier alpha value is -3.81. The first-order chi connectivity index (χ1) is 15.6. The molecule has 174 valence electrons. The minimum Gasteiger partial charge on any atom is -0.480 e. The van der Waals surface area contributed by atoms with E-state index in [1.54, 1.807) is 57.3 Å². The molecule has 0 aliphatic heterocycles. The van der Waals surface area contributed by atoms with Crippen molar-refractivity contribution in [2.45, 2.75) is 44.9 Å². The van der Waals surface area contributed by atoms with Gasteiger partial charge in [-0.25, -0.2) is 9.59 Å². The van der Waals surface area contributed by atoms with Crippen molar-refractivity contribution >= 4 is 28.9 Å². The second-order valence-corrected chi connectivity index (χ2v) is 8.86. The number of nitrogens with one attached hydrogen (secondary N) is 2. The predicted octanol–water partition coefficient (Wildman–Crippen LogP) is 3.89. The number of hydrogen-bond donors (Lipinski definition) is 3. The molecule has 33 heavy (non-hydrogen) atoms. The van der Waals surface area contributed by atoms with E-state index in [1.807, 2.05) is 24.3 Å². The number of aromatic nitrogens is 1. The third-order valence-corrected chi connectivity index (χ3v) is 5.23. The Bertz CT molecular complexity index is 1130. The van der Waals surface area contributed by atoms with Crippen LogP contribution in [0, 0.1) is 0 Å². The summed E-state index contributed by atoms with van der Waals surface area (Å²) in [7, 11) is 1.43. The summed E-state index contributed by atoms with van der Waals surface area (Å²) in [6, 6.07) is 14.0. The van der Waals surface area contributed by atoms with E-state index in [2.05, 4.69) is 10.3 Å². The molecule has 3 N–H and O–H groups in total. The Morgan fingerprint density at radius 1 is 1.06 bits per heavy atom. The summed E-state index contributed by atoms with van der Waals surface area (Å²) in [5, 5.41) is 13.4. The minimum atomic E-state index is -1.14. The lowest BCUT2D eigenvalue weighted by atomic mass is 10.0. The van der Waals surface area contributed by atoms with Gasteiger partial charge in [-0.2, -0.15) is 0 Å². The van der Waals surface area contributed by atoms with E-state index in [0.717, 1.165) is 16.5 Å². The number of amides is 2. The van der Waals surface area contributed by atoms with Crippen LogP contribution in [0.15, 0.2) is 60.8 Å². The molecule has 0 radical (unpaired) electrons. The highest BCUT2D eigenvalue weighted by molar-refractivity contribution is 5.91. The number of aromatic amines is 1. The predicted molar refractivity (Wildman–Crippen MR) is 125 cm³/mol. The van der Waals surface area contributed by atoms with Gasteiger partial charge in [0.15, 0.2) is 0 Å². The molecular weight excluding hydrogens is 422 g/mol. The van der Waals surface area contributed by atoms with E-state index in [1.165, 1.54) is 11.9 Å². The first-order valence-corrected chi connectivity index (χ1v) is 10.7. The molecule has 1 heterocycles. The van der Waals surface area contributed by atoms with Crippen LogP contribution in [0.1, 0.15) is 37.9 Å². The number of carbonyl (C=O) groups excluding carboxylic acids is 2. The van der Waals surface area contributed by atoms with Crippen molar-refractivity contribution in [1.29, 1.82) is 0 Å². The smallest absolute Gasteiger partial charge is 0.408 e. The van der Waals surface area contributed by atoms with Crippen LogP contribution in [-0.4, -0.2) is 51.7 Å². The van der Waals surface area contributed by atoms with Crippen LogP contribution in [0.4, 0.5) is 4.79 Å². The quantitative estimate of drug-likeness (QED) is 0.505. The van der Waals surface area contributed by atoms with E-state index >= 15 is 0 Å². The Kier molecular flexibility index (Phi) is 7.06. The van der Waals surface area contributed by atoms with E-state index < -0.39 is 35.7 Å². The van der Waals surface area contributed by atoms with Crippen molar-refractivity contribution in [1.82, 2.24) is 15.2 Å². The SMILES string of the molecule is CN(C(=O)C(NC(=O)OC(C)(C)C)c1ccccc1)[C@@H](Cc1c[nH]c2ccccc12)C(=O)O. The average Bonchev–Trinajstić information content (AvgIpc) is 3.17. The zero-order valence-corrected chi connectivity index (χ0v) is 19.2. The molecule has 0 aliphatic carbocycles. The standard InChI is InChI=1S/C25H29N3O5/c1-25(2,3)33-24(32)27-21(16-10-6-5-7-11-16)22(29)28(4)20(23(30)31)14-17-15-26-19-13-9-8-12-18(17)19/h5-13,15,20-21,26H,14H2,1-4H3,(H,27,32)(H,30,31)/t20-,21?/m0/s1. The van der Waals surface area contributed by atoms with Crippen LogP contribution in [0.25, 0.3) is 10.9 Å². The molecule has 3 aromatic rings. The molecule has 2 amide bonds. The highest BCUT2D eigenvalue weighted by Gasteiger charge is 2.34. The van der Waals surface area contributed by atoms with Crippen LogP contribution in [0.2, 0.25) is 0 Å². The molecule has 0 saturated carbocycles. The van der Waals surface area contributed by atoms with Gasteiger partial charge in [0.05, 0.1) is 0 Å². The zero-order valence-electron chi connectivity index (χ0n) is 19.2. The lowest BCUT2D eigenvalue weighted by Gasteiger charge is -2.30. The number of carbonyl (C=O) groups is 3. The van der Waals surface area contributed by atoms with Crippen molar-refractivity contribution in [3.05, 3.63) is 71.9 Å². The number of rotatable bonds is 7. The fourth-order valence-corrected chi connectivity index (χ4v) is 3.61. The second kappa shape index (κ2) is 9.77. The van der Waals surface area contributed by atoms with Gasteiger partial charge in [-0.05, 0) is 38.0 Å². The number of para-hydroxylation sites is 1. The largest absolute Gasteiger partial charge is 0.480 e. The highest BCUT2D eigenvalue weighted by Crippen LogP contribution is 2.23. The Labute approximate surface area is 192 Å². The van der Waals surface area contributed by atoms with Crippen LogP contribution < -0.4 is 5.32 Å². The van der Waals surface area contributed by atoms with Crippen molar-refractivity contribution in [2.75, 3.05) is 7.05 Å². The van der Waals surface area contributed by atoms with Crippen LogP contribution in [0.3, 0.4) is 0 Å². The topological polar surface area (TPSA) is 112 Å². The molecule has 1 aromatic heterocycles. The molecule has 1 unspecified atom stereocenters. The number of H-pyrrole nitrogens is 1. The number of alkyl carbamates (subject to hydrolysis) is 1. The Morgan fingerprint density at radius 2 is 1.70 bits per heavy atom. The lowest BCUT2D eigenvalue weighted by Crippen LogP contribution is -2.49. The van der Waals surface area contributed by atoms with Crippen LogP contribution >= 0.6 is 0 Å². The third-order valence-electron chi connectivity index (χ3n) is 5.23. The summed E-state index contributed by atoms with van der Waals surface area (Å²) in [6.07, 6.45) is 1.10. The van der Waals surface area contributed by atoms with Crippen LogP contribution in [-0.2, 0) is 20.7 Å². The van der Waals surface area contributed by atoms with Gasteiger partial charge in [-0.3, -0.25) is 4.79 Å². The highest BCUT2D eigenvalue weighted by atomic mass is 16.6. The van der Waals surface area contributed by atoms with E-state index in [9.17, 15) is 19.5 Å². The van der Waals surface area contributed by atoms with Crippen LogP contribution in [0.5, 0.6) is 0 Å². The van der Waals surface area contributed by atoms with Gasteiger partial charge in [0, 0.05) is 30.6 Å². The van der Waals surface area contributed by atoms with Gasteiger partial charge >= 0.3 is 12.1 Å². The second-order valence-electron chi connectivity index (χ2n) is 8.86. The number of aliphatic carboxylic acids is 1. The normalized spacial score (nSPS) is 13.2. The van der Waals surface area contributed by atoms with Gasteiger partial charge < -0.3 is 25.0 Å². The maximum absolute atomic E-state index is 13.5. The first kappa shape index (κ1) is 23.8. The van der Waals surface area contributed by atoms with E-state index in [-0.39, 0.29) is 6.42 Å². The monoisotopic (exact) mass is 451 g/mol. The van der Waals surface area contributed by atoms with Gasteiger partial charge in [0.25, 0.3) is 0 Å². The molecule has 0 fully saturated rings. The molecule has 8 nitrogen and oxygen atoms in total. The van der Waals surface area contributed by atoms with Crippen molar-refractivity contribution in [2.24, 2.45) is 0 Å². The minimum absolute atomic E-state index is 0.107. The molecule has 0 aliphatic rings. The van der Waals surface area contributed by atoms with Gasteiger partial charge in [0.2, 0.25) is 5.91 Å². The third kappa shape index (κ3) is 5.91. The Balaban J connectivity index is 1.87. The number of carboxylic acid groups (broad SMARTS) is 1. The van der Waals surface area contributed by atoms with Crippen molar-refractivity contribution in [3.63, 3.8) is 0 Å². The number of benzene rings is 2. The maximum Gasteiger partial charge on any atom is 0.408 e. The zero-order chi connectivity index (χ0) is 24.2. The first-order valence-electron chi connectivity index (χ1n) is 10.7. The summed E-state index contributed by atoms with van der Waals surface area (Å²) in [5.74, 6) is -1.69. The number of likely N-dealkylation sites (N-methyl/N-ethyl adjacent to an activating group) is 1. The molecule has 0 bridgehead atoms. The fraction of sp³-hybridized carbons (Fsp3) is 0.320. The molecule has 0 spiro atoms. The summed E-state index contributed by atoms with van der Waals surface area (Å²) in [5.41, 5.74) is 1.45. The molecule has 2 aromatic carbocycles.